The lowest BCUT2D eigenvalue weighted by atomic mass is 10.3. The normalized spacial score (nSPS) is 11.3. The average molecular weight is 279 g/mol. The minimum Gasteiger partial charge on any atom is -0.618 e. The average Bonchev–Trinajstić information content (AvgIpc) is 2.40. The molecule has 6 heteroatoms. The van der Waals surface area contributed by atoms with E-state index in [9.17, 15) is 5.21 Å². The van der Waals surface area contributed by atoms with E-state index < -0.39 is 0 Å². The highest BCUT2D eigenvalue weighted by Crippen LogP contribution is 2.18. The van der Waals surface area contributed by atoms with E-state index in [-0.39, 0.29) is 0 Å². The second-order valence-corrected chi connectivity index (χ2v) is 4.42. The number of hydrogen-bond acceptors (Lipinski definition) is 4. The molecule has 0 unspecified atom stereocenters. The molecule has 0 atom stereocenters. The summed E-state index contributed by atoms with van der Waals surface area (Å²) < 4.78 is 0.772. The van der Waals surface area contributed by atoms with Crippen LogP contribution in [-0.2, 0) is 0 Å². The Bertz CT molecular complexity index is 615. The van der Waals surface area contributed by atoms with Gasteiger partial charge in [-0.15, -0.1) is 0 Å². The van der Waals surface area contributed by atoms with Crippen LogP contribution in [0.5, 0.6) is 0 Å². The summed E-state index contributed by atoms with van der Waals surface area (Å²) >= 11 is 5.87. The number of nitrogens with zero attached hydrogens (tertiary/aromatic N) is 4. The van der Waals surface area contributed by atoms with Crippen LogP contribution in [0.2, 0.25) is 5.02 Å². The quantitative estimate of drug-likeness (QED) is 0.374. The van der Waals surface area contributed by atoms with Gasteiger partial charge >= 0.3 is 0 Å². The van der Waals surface area contributed by atoms with Gasteiger partial charge in [0.15, 0.2) is 0 Å². The summed E-state index contributed by atoms with van der Waals surface area (Å²) in [4.78, 5) is 4.43. The second-order valence-electron chi connectivity index (χ2n) is 3.98. The lowest BCUT2D eigenvalue weighted by Gasteiger charge is -2.15. The molecule has 5 nitrogen and oxygen atoms in total. The van der Waals surface area contributed by atoms with Gasteiger partial charge < -0.3 is 5.21 Å². The molecule has 0 radical (unpaired) electrons. The number of anilines is 1. The molecular weight excluding hydrogens is 264 g/mol. The molecule has 0 aliphatic carbocycles. The van der Waals surface area contributed by atoms with Gasteiger partial charge in [0.25, 0.3) is 0 Å². The molecule has 1 aromatic carbocycles. The van der Waals surface area contributed by atoms with Gasteiger partial charge in [0.2, 0.25) is 17.5 Å². The lowest BCUT2D eigenvalue weighted by molar-refractivity contribution is -0.576. The summed E-state index contributed by atoms with van der Waals surface area (Å²) in [5.41, 5.74) is 1.05. The fourth-order valence-electron chi connectivity index (χ4n) is 1.70. The lowest BCUT2D eigenvalue weighted by Crippen LogP contribution is -2.30. The van der Waals surface area contributed by atoms with Crippen LogP contribution in [0.3, 0.4) is 0 Å². The molecule has 0 amide bonds. The van der Waals surface area contributed by atoms with Gasteiger partial charge in [0.05, 0.1) is 0 Å². The predicted molar refractivity (Wildman–Crippen MR) is 77.5 cm³/mol. The van der Waals surface area contributed by atoms with E-state index in [0.717, 1.165) is 11.2 Å². The Balaban J connectivity index is 2.50. The zero-order valence-corrected chi connectivity index (χ0v) is 11.6. The number of rotatable bonds is 4. The Hall–Kier alpha value is -1.88. The monoisotopic (exact) mass is 278 g/mol. The van der Waals surface area contributed by atoms with E-state index in [4.69, 9.17) is 11.6 Å². The Kier molecular flexibility index (Phi) is 4.16. The zero-order valence-electron chi connectivity index (χ0n) is 10.9. The first-order valence-electron chi connectivity index (χ1n) is 6.15. The van der Waals surface area contributed by atoms with Gasteiger partial charge in [-0.25, -0.2) is 9.99 Å². The number of aromatic nitrogens is 2. The van der Waals surface area contributed by atoms with Crippen molar-refractivity contribution in [2.45, 2.75) is 20.3 Å². The third-order valence-electron chi connectivity index (χ3n) is 2.61. The van der Waals surface area contributed by atoms with E-state index in [1.54, 1.807) is 29.4 Å². The summed E-state index contributed by atoms with van der Waals surface area (Å²) in [7, 11) is 0. The van der Waals surface area contributed by atoms with Crippen LogP contribution in [0.25, 0.3) is 11.0 Å². The molecule has 19 heavy (non-hydrogen) atoms. The molecule has 0 bridgehead atoms. The molecular formula is C13H15ClN4O. The van der Waals surface area contributed by atoms with Gasteiger partial charge in [-0.1, -0.05) is 18.5 Å². The van der Waals surface area contributed by atoms with Crippen LogP contribution in [0.15, 0.2) is 29.5 Å². The Morgan fingerprint density at radius 3 is 2.95 bits per heavy atom. The highest BCUT2D eigenvalue weighted by atomic mass is 35.5. The minimum atomic E-state index is 0.451. The van der Waals surface area contributed by atoms with Gasteiger partial charge in [-0.2, -0.15) is 9.83 Å². The molecule has 0 aliphatic rings. The molecule has 1 aromatic heterocycles. The molecule has 0 saturated heterocycles. The maximum Gasteiger partial charge on any atom is 0.244 e. The number of hydrazone groups is 1. The van der Waals surface area contributed by atoms with Crippen LogP contribution < -0.4 is 9.74 Å². The van der Waals surface area contributed by atoms with E-state index in [2.05, 4.69) is 10.1 Å². The third kappa shape index (κ3) is 2.93. The van der Waals surface area contributed by atoms with Gasteiger partial charge in [0, 0.05) is 23.8 Å². The van der Waals surface area contributed by atoms with Crippen LogP contribution in [0.4, 0.5) is 5.82 Å². The van der Waals surface area contributed by atoms with Crippen molar-refractivity contribution in [3.8, 4) is 0 Å². The van der Waals surface area contributed by atoms with Crippen LogP contribution >= 0.6 is 11.6 Å². The Morgan fingerprint density at radius 2 is 2.26 bits per heavy atom. The van der Waals surface area contributed by atoms with Crippen molar-refractivity contribution in [2.75, 3.05) is 11.6 Å². The summed E-state index contributed by atoms with van der Waals surface area (Å²) in [6.45, 7) is 4.60. The zero-order chi connectivity index (χ0) is 13.8. The number of halogens is 1. The van der Waals surface area contributed by atoms with Crippen molar-refractivity contribution in [1.82, 2.24) is 4.98 Å². The largest absolute Gasteiger partial charge is 0.618 e. The van der Waals surface area contributed by atoms with E-state index in [1.165, 1.54) is 6.20 Å². The first-order chi connectivity index (χ1) is 9.15. The number of fused-ring (bicyclic) bond motifs is 1. The van der Waals surface area contributed by atoms with Gasteiger partial charge in [-0.3, -0.25) is 0 Å². The van der Waals surface area contributed by atoms with Gasteiger partial charge in [0.1, 0.15) is 5.52 Å². The molecule has 0 fully saturated rings. The van der Waals surface area contributed by atoms with Crippen molar-refractivity contribution in [1.29, 1.82) is 0 Å². The molecule has 2 rings (SSSR count). The Morgan fingerprint density at radius 1 is 1.47 bits per heavy atom. The van der Waals surface area contributed by atoms with Crippen LogP contribution in [0, 0.1) is 5.21 Å². The summed E-state index contributed by atoms with van der Waals surface area (Å²) in [5, 5.41) is 18.5. The summed E-state index contributed by atoms with van der Waals surface area (Å²) in [6.07, 6.45) is 4.03. The molecule has 0 spiro atoms. The van der Waals surface area contributed by atoms with E-state index >= 15 is 0 Å². The topological polar surface area (TPSA) is 55.4 Å². The maximum absolute atomic E-state index is 12.0. The highest BCUT2D eigenvalue weighted by Gasteiger charge is 2.13. The van der Waals surface area contributed by atoms with E-state index in [1.807, 2.05) is 13.8 Å². The van der Waals surface area contributed by atoms with Crippen LogP contribution in [-0.4, -0.2) is 17.7 Å². The van der Waals surface area contributed by atoms with Crippen molar-refractivity contribution < 1.29 is 4.73 Å². The highest BCUT2D eigenvalue weighted by molar-refractivity contribution is 6.31. The van der Waals surface area contributed by atoms with Crippen molar-refractivity contribution >= 4 is 34.7 Å². The van der Waals surface area contributed by atoms with Gasteiger partial charge in [-0.05, 0) is 25.5 Å². The predicted octanol–water partition coefficient (Wildman–Crippen LogP) is 2.74. The molecule has 1 heterocycles. The third-order valence-corrected chi connectivity index (χ3v) is 2.85. The molecule has 0 N–H and O–H groups in total. The fourth-order valence-corrected chi connectivity index (χ4v) is 1.87. The number of hydrogen-bond donors (Lipinski definition) is 0. The van der Waals surface area contributed by atoms with Crippen LogP contribution in [0.1, 0.15) is 20.3 Å². The van der Waals surface area contributed by atoms with Crippen molar-refractivity contribution in [2.24, 2.45) is 5.10 Å². The first kappa shape index (κ1) is 13.5. The van der Waals surface area contributed by atoms with Crippen molar-refractivity contribution in [3.63, 3.8) is 0 Å². The SMILES string of the molecule is CC/C=N/N(CC)c1c[n+]([O-])c2cc(Cl)ccc2n1. The second kappa shape index (κ2) is 5.84. The molecule has 2 aromatic rings. The minimum absolute atomic E-state index is 0.451. The molecule has 100 valence electrons. The molecule has 0 aliphatic heterocycles. The fraction of sp³-hybridized carbons (Fsp3) is 0.308. The smallest absolute Gasteiger partial charge is 0.244 e. The standard InChI is InChI=1S/C13H15ClN4O/c1-3-7-15-17(4-2)13-9-18(19)12-8-10(14)5-6-11(12)16-13/h5-9H,3-4H2,1-2H3/b15-7+. The first-order valence-corrected chi connectivity index (χ1v) is 6.53. The summed E-state index contributed by atoms with van der Waals surface area (Å²) in [5.74, 6) is 0.525. The Labute approximate surface area is 116 Å². The maximum atomic E-state index is 12.0. The number of benzene rings is 1. The van der Waals surface area contributed by atoms with E-state index in [0.29, 0.717) is 28.4 Å². The van der Waals surface area contributed by atoms with Crippen molar-refractivity contribution in [3.05, 3.63) is 34.6 Å². The summed E-state index contributed by atoms with van der Waals surface area (Å²) in [6, 6.07) is 5.05. The molecule has 0 saturated carbocycles.